The molecular weight excluding hydrogens is 118 g/mol. The number of aromatic nitrogens is 2. The number of hydrogen-bond donors (Lipinski definition) is 2. The third kappa shape index (κ3) is 1.07. The van der Waals surface area contributed by atoms with Crippen molar-refractivity contribution in [1.82, 2.24) is 10.2 Å². The molecule has 9 heavy (non-hydrogen) atoms. The second kappa shape index (κ2) is 2.30. The number of methoxy groups -OCH3 is 1. The summed E-state index contributed by atoms with van der Waals surface area (Å²) in [5, 5.41) is 13.3. The highest BCUT2D eigenvalue weighted by Crippen LogP contribution is 1.94. The van der Waals surface area contributed by atoms with E-state index in [0.29, 0.717) is 5.56 Å². The molecule has 0 bridgehead atoms. The van der Waals surface area contributed by atoms with Crippen molar-refractivity contribution >= 4 is 5.90 Å². The van der Waals surface area contributed by atoms with Gasteiger partial charge in [0.2, 0.25) is 5.90 Å². The quantitative estimate of drug-likeness (QED) is 0.421. The fraction of sp³-hybridized carbons (Fsp3) is 0.200. The maximum Gasteiger partial charge on any atom is 0.216 e. The summed E-state index contributed by atoms with van der Waals surface area (Å²) in [4.78, 5) is 0. The molecule has 1 rings (SSSR count). The van der Waals surface area contributed by atoms with Crippen LogP contribution in [0.1, 0.15) is 5.56 Å². The molecule has 0 atom stereocenters. The topological polar surface area (TPSA) is 61.8 Å². The van der Waals surface area contributed by atoms with Crippen molar-refractivity contribution in [2.75, 3.05) is 7.11 Å². The summed E-state index contributed by atoms with van der Waals surface area (Å²) in [7, 11) is 1.45. The number of nitrogens with one attached hydrogen (secondary N) is 2. The van der Waals surface area contributed by atoms with Gasteiger partial charge >= 0.3 is 0 Å². The lowest BCUT2D eigenvalue weighted by Gasteiger charge is -1.94. The van der Waals surface area contributed by atoms with Crippen LogP contribution in [-0.2, 0) is 4.74 Å². The van der Waals surface area contributed by atoms with Gasteiger partial charge in [-0.3, -0.25) is 10.5 Å². The highest BCUT2D eigenvalue weighted by molar-refractivity contribution is 5.90. The van der Waals surface area contributed by atoms with E-state index in [1.165, 1.54) is 13.3 Å². The van der Waals surface area contributed by atoms with Gasteiger partial charge in [-0.15, -0.1) is 0 Å². The molecule has 1 aromatic rings. The van der Waals surface area contributed by atoms with E-state index in [2.05, 4.69) is 14.9 Å². The molecule has 0 unspecified atom stereocenters. The lowest BCUT2D eigenvalue weighted by atomic mass is 10.4. The van der Waals surface area contributed by atoms with Crippen LogP contribution < -0.4 is 0 Å². The monoisotopic (exact) mass is 125 g/mol. The Bertz CT molecular complexity index is 192. The van der Waals surface area contributed by atoms with E-state index >= 15 is 0 Å². The van der Waals surface area contributed by atoms with Crippen molar-refractivity contribution in [3.63, 3.8) is 0 Å². The minimum Gasteiger partial charge on any atom is -0.481 e. The van der Waals surface area contributed by atoms with Gasteiger partial charge in [0.05, 0.1) is 18.9 Å². The van der Waals surface area contributed by atoms with E-state index in [9.17, 15) is 0 Å². The van der Waals surface area contributed by atoms with Gasteiger partial charge in [-0.1, -0.05) is 0 Å². The molecule has 1 aromatic heterocycles. The Morgan fingerprint density at radius 2 is 2.67 bits per heavy atom. The fourth-order valence-electron chi connectivity index (χ4n) is 0.493. The Labute approximate surface area is 52.4 Å². The first-order valence-corrected chi connectivity index (χ1v) is 2.46. The van der Waals surface area contributed by atoms with Gasteiger partial charge in [0.25, 0.3) is 0 Å². The first-order chi connectivity index (χ1) is 4.34. The minimum atomic E-state index is 0.128. The summed E-state index contributed by atoms with van der Waals surface area (Å²) in [6.45, 7) is 0. The Morgan fingerprint density at radius 1 is 1.89 bits per heavy atom. The number of hydrogen-bond acceptors (Lipinski definition) is 3. The first-order valence-electron chi connectivity index (χ1n) is 2.46. The molecule has 0 saturated heterocycles. The third-order valence-corrected chi connectivity index (χ3v) is 0.965. The van der Waals surface area contributed by atoms with Gasteiger partial charge in [-0.2, -0.15) is 5.10 Å². The molecular formula is C5H7N3O. The van der Waals surface area contributed by atoms with Crippen LogP contribution in [0.25, 0.3) is 0 Å². The van der Waals surface area contributed by atoms with Gasteiger partial charge < -0.3 is 4.74 Å². The van der Waals surface area contributed by atoms with Crippen molar-refractivity contribution in [2.24, 2.45) is 0 Å². The predicted molar refractivity (Wildman–Crippen MR) is 32.4 cm³/mol. The van der Waals surface area contributed by atoms with Crippen LogP contribution in [0.4, 0.5) is 0 Å². The molecule has 2 N–H and O–H groups in total. The predicted octanol–water partition coefficient (Wildman–Crippen LogP) is 0.381. The number of rotatable bonds is 1. The number of H-pyrrole nitrogens is 1. The van der Waals surface area contributed by atoms with Crippen LogP contribution in [0.15, 0.2) is 12.4 Å². The molecule has 0 radical (unpaired) electrons. The highest BCUT2D eigenvalue weighted by atomic mass is 16.5. The van der Waals surface area contributed by atoms with Gasteiger partial charge in [0.15, 0.2) is 0 Å². The molecule has 0 amide bonds. The van der Waals surface area contributed by atoms with E-state index in [0.717, 1.165) is 0 Å². The molecule has 0 saturated carbocycles. The van der Waals surface area contributed by atoms with E-state index in [-0.39, 0.29) is 5.90 Å². The van der Waals surface area contributed by atoms with Gasteiger partial charge in [-0.05, 0) is 0 Å². The second-order valence-electron chi connectivity index (χ2n) is 1.52. The van der Waals surface area contributed by atoms with Crippen LogP contribution in [0.5, 0.6) is 0 Å². The minimum absolute atomic E-state index is 0.128. The zero-order valence-corrected chi connectivity index (χ0v) is 5.01. The standard InChI is InChI=1S/C5H7N3O/c1-9-5(6)4-2-7-8-3-4/h2-3,6H,1H3,(H,7,8). The van der Waals surface area contributed by atoms with Gasteiger partial charge in [0.1, 0.15) is 0 Å². The van der Waals surface area contributed by atoms with Crippen molar-refractivity contribution < 1.29 is 4.74 Å². The van der Waals surface area contributed by atoms with Crippen LogP contribution in [0.2, 0.25) is 0 Å². The Morgan fingerprint density at radius 3 is 3.11 bits per heavy atom. The molecule has 48 valence electrons. The van der Waals surface area contributed by atoms with Crippen LogP contribution in [0.3, 0.4) is 0 Å². The fourth-order valence-corrected chi connectivity index (χ4v) is 0.493. The molecule has 4 heteroatoms. The summed E-state index contributed by atoms with van der Waals surface area (Å²) in [6.07, 6.45) is 3.14. The number of ether oxygens (including phenoxy) is 1. The molecule has 0 fully saturated rings. The molecule has 1 heterocycles. The van der Waals surface area contributed by atoms with Crippen LogP contribution in [0, 0.1) is 5.41 Å². The van der Waals surface area contributed by atoms with Crippen LogP contribution >= 0.6 is 0 Å². The maximum atomic E-state index is 7.11. The largest absolute Gasteiger partial charge is 0.481 e. The molecule has 0 aliphatic carbocycles. The van der Waals surface area contributed by atoms with Crippen molar-refractivity contribution in [3.8, 4) is 0 Å². The van der Waals surface area contributed by atoms with Gasteiger partial charge in [-0.25, -0.2) is 0 Å². The summed E-state index contributed by atoms with van der Waals surface area (Å²) >= 11 is 0. The number of nitrogens with zero attached hydrogens (tertiary/aromatic N) is 1. The molecule has 0 aliphatic heterocycles. The second-order valence-corrected chi connectivity index (χ2v) is 1.52. The molecule has 0 aromatic carbocycles. The number of aromatic amines is 1. The lowest BCUT2D eigenvalue weighted by Crippen LogP contribution is -1.98. The normalized spacial score (nSPS) is 9.00. The molecule has 4 nitrogen and oxygen atoms in total. The summed E-state index contributed by atoms with van der Waals surface area (Å²) in [6, 6.07) is 0. The van der Waals surface area contributed by atoms with E-state index in [1.807, 2.05) is 0 Å². The highest BCUT2D eigenvalue weighted by Gasteiger charge is 1.98. The van der Waals surface area contributed by atoms with E-state index in [1.54, 1.807) is 6.20 Å². The molecule has 0 aliphatic rings. The smallest absolute Gasteiger partial charge is 0.216 e. The van der Waals surface area contributed by atoms with Crippen molar-refractivity contribution in [1.29, 1.82) is 5.41 Å². The average molecular weight is 125 g/mol. The van der Waals surface area contributed by atoms with Gasteiger partial charge in [0, 0.05) is 6.20 Å². The third-order valence-electron chi connectivity index (χ3n) is 0.965. The Kier molecular flexibility index (Phi) is 1.48. The lowest BCUT2D eigenvalue weighted by molar-refractivity contribution is 0.401. The Hall–Kier alpha value is -1.32. The zero-order valence-electron chi connectivity index (χ0n) is 5.01. The van der Waals surface area contributed by atoms with E-state index in [4.69, 9.17) is 5.41 Å². The van der Waals surface area contributed by atoms with Crippen molar-refractivity contribution in [2.45, 2.75) is 0 Å². The maximum absolute atomic E-state index is 7.11. The van der Waals surface area contributed by atoms with Crippen LogP contribution in [-0.4, -0.2) is 23.2 Å². The average Bonchev–Trinajstić information content (AvgIpc) is 2.37. The summed E-state index contributed by atoms with van der Waals surface area (Å²) in [5.74, 6) is 0.128. The summed E-state index contributed by atoms with van der Waals surface area (Å²) in [5.41, 5.74) is 0.664. The zero-order chi connectivity index (χ0) is 6.69. The SMILES string of the molecule is COC(=N)c1cn[nH]c1. The Balaban J connectivity index is 2.77. The van der Waals surface area contributed by atoms with E-state index < -0.39 is 0 Å². The summed E-state index contributed by atoms with van der Waals surface area (Å²) < 4.78 is 4.62. The first kappa shape index (κ1) is 5.81. The van der Waals surface area contributed by atoms with Crippen molar-refractivity contribution in [3.05, 3.63) is 18.0 Å². The molecule has 0 spiro atoms.